The highest BCUT2D eigenvalue weighted by atomic mass is 35.5. The predicted molar refractivity (Wildman–Crippen MR) is 513 cm³/mol. The molecule has 35 heteroatoms. The Morgan fingerprint density at radius 3 is 1.25 bits per heavy atom. The number of nitrogens with zero attached hydrogens (tertiary/aromatic N) is 1. The zero-order chi connectivity index (χ0) is 97.8. The Balaban J connectivity index is 0.000000144. The molecule has 8 heterocycles. The van der Waals surface area contributed by atoms with Gasteiger partial charge in [-0.1, -0.05) is 124 Å². The molecule has 9 aromatic carbocycles. The molecule has 30 nitrogen and oxygen atoms in total. The van der Waals surface area contributed by atoms with E-state index in [9.17, 15) is 76.2 Å². The number of carboxylic acids is 1. The number of halogens is 5. The first-order valence-electron chi connectivity index (χ1n) is 43.1. The van der Waals surface area contributed by atoms with E-state index in [0.29, 0.717) is 73.1 Å². The maximum Gasteiger partial charge on any atom is 0.337 e. The Hall–Kier alpha value is -14.0. The van der Waals surface area contributed by atoms with Crippen LogP contribution in [-0.2, 0) is 13.1 Å². The van der Waals surface area contributed by atoms with Crippen LogP contribution in [0.5, 0.6) is 0 Å². The second-order valence-electron chi connectivity index (χ2n) is 37.8. The van der Waals surface area contributed by atoms with Gasteiger partial charge >= 0.3 is 5.97 Å². The van der Waals surface area contributed by atoms with E-state index in [1.807, 2.05) is 141 Å². The summed E-state index contributed by atoms with van der Waals surface area (Å²) in [6, 6.07) is 27.1. The molecule has 0 radical (unpaired) electrons. The summed E-state index contributed by atoms with van der Waals surface area (Å²) in [6.07, 6.45) is 0.765. The van der Waals surface area contributed by atoms with Crippen molar-refractivity contribution >= 4 is 138 Å². The van der Waals surface area contributed by atoms with Crippen LogP contribution in [0.4, 0.5) is 82.7 Å². The molecule has 0 saturated carbocycles. The number of aromatic carboxylic acids is 1. The minimum atomic E-state index is -1.16. The second-order valence-corrected chi connectivity index (χ2v) is 39.0. The van der Waals surface area contributed by atoms with Gasteiger partial charge in [0.1, 0.15) is 97.5 Å². The lowest BCUT2D eigenvalue weighted by atomic mass is 9.80. The summed E-state index contributed by atoms with van der Waals surface area (Å²) in [5.41, 5.74) is -1.04. The molecule has 4 amide bonds. The quantitative estimate of drug-likeness (QED) is 0.0250. The summed E-state index contributed by atoms with van der Waals surface area (Å²) in [5.74, 6) is 0.474. The van der Waals surface area contributed by atoms with Crippen molar-refractivity contribution in [1.29, 1.82) is 0 Å². The molecule has 17 rings (SSSR count). The van der Waals surface area contributed by atoms with Gasteiger partial charge in [0.25, 0.3) is 67.1 Å². The third-order valence-electron chi connectivity index (χ3n) is 24.6. The normalized spacial score (nSPS) is 15.4. The van der Waals surface area contributed by atoms with Crippen molar-refractivity contribution in [2.24, 2.45) is 21.7 Å². The number of hydrogen-bond donors (Lipinski definition) is 12. The summed E-state index contributed by atoms with van der Waals surface area (Å²) < 4.78 is 52.4. The predicted octanol–water partition coefficient (Wildman–Crippen LogP) is 19.2. The number of nitrogens with one attached hydrogen (secondary N) is 11. The lowest BCUT2D eigenvalue weighted by molar-refractivity contribution is 0.0696. The number of amides is 4. The molecule has 4 aliphatic heterocycles. The number of benzene rings is 5. The molecule has 0 fully saturated rings. The molecule has 0 bridgehead atoms. The van der Waals surface area contributed by atoms with Crippen LogP contribution in [0.15, 0.2) is 165 Å². The van der Waals surface area contributed by atoms with E-state index in [0.717, 1.165) is 34.8 Å². The number of carbonyl (C=O) groups excluding carboxylic acids is 4. The second kappa shape index (κ2) is 36.2. The van der Waals surface area contributed by atoms with Gasteiger partial charge in [-0.3, -0.25) is 57.5 Å². The SMILES string of the molecule is CC(C)(C)[C@@H](Nc1c(Nc2ccc(Cl)c3c2C(=O)NC3)c(=O)c1=O)c1ccc(Cl)o1.CCC(C)(C)[C@@H](Nc1c(Nc2c(F)ccc3c2C(=O)N[C@H]3C)c(=O)c1=O)c1ccc(C)o1.Cc1ccc(C(=O)O)c(N2Cc3c(Cl)ccc(Nc4c(N[C@@H](c5cc(C)c(C)o5)C(C)(C)C)c(=O)c4=O)c3C2=O)c1.Cc1ccc([C@H](Nc2c(Nc3c(F)ccc4c3C(=O)N[C@H]4C)c(=O)c2=O)C(C)(C)C)o1. The van der Waals surface area contributed by atoms with Gasteiger partial charge in [-0.15, -0.1) is 0 Å². The van der Waals surface area contributed by atoms with E-state index in [4.69, 9.17) is 52.5 Å². The van der Waals surface area contributed by atoms with Crippen molar-refractivity contribution in [3.63, 3.8) is 0 Å². The maximum atomic E-state index is 14.7. The molecule has 4 aromatic heterocycles. The number of hydrogen-bond acceptors (Lipinski definition) is 25. The number of carbonyl (C=O) groups is 5. The average Bonchev–Trinajstić information content (AvgIpc) is 1.46. The van der Waals surface area contributed by atoms with Gasteiger partial charge in [0, 0.05) is 27.7 Å². The molecule has 0 aliphatic carbocycles. The third-order valence-corrected chi connectivity index (χ3v) is 25.5. The number of aryl methyl sites for hydroxylation is 5. The molecule has 6 atom stereocenters. The molecule has 698 valence electrons. The fourth-order valence-electron chi connectivity index (χ4n) is 16.6. The smallest absolute Gasteiger partial charge is 0.337 e. The summed E-state index contributed by atoms with van der Waals surface area (Å²) in [5, 5.41) is 43.0. The van der Waals surface area contributed by atoms with Gasteiger partial charge in [0.15, 0.2) is 5.22 Å². The molecule has 13 aromatic rings. The molecular weight excluding hydrogens is 1790 g/mol. The van der Waals surface area contributed by atoms with Crippen molar-refractivity contribution in [3.05, 3.63) is 319 Å². The van der Waals surface area contributed by atoms with E-state index in [1.165, 1.54) is 29.2 Å². The summed E-state index contributed by atoms with van der Waals surface area (Å²) in [4.78, 5) is 164. The van der Waals surface area contributed by atoms with Gasteiger partial charge in [-0.25, -0.2) is 13.6 Å². The van der Waals surface area contributed by atoms with Crippen LogP contribution in [0.3, 0.4) is 0 Å². The molecule has 0 saturated heterocycles. The monoisotopic (exact) mass is 1890 g/mol. The van der Waals surface area contributed by atoms with E-state index in [1.54, 1.807) is 75.4 Å². The van der Waals surface area contributed by atoms with E-state index >= 15 is 0 Å². The van der Waals surface area contributed by atoms with E-state index in [-0.39, 0.29) is 142 Å². The largest absolute Gasteiger partial charge is 0.478 e. The third kappa shape index (κ3) is 18.2. The summed E-state index contributed by atoms with van der Waals surface area (Å²) in [7, 11) is 0. The Labute approximate surface area is 781 Å². The Morgan fingerprint density at radius 2 is 0.851 bits per heavy atom. The minimum Gasteiger partial charge on any atom is -0.478 e. The number of furan rings is 4. The van der Waals surface area contributed by atoms with Crippen LogP contribution >= 0.6 is 34.8 Å². The molecule has 0 unspecified atom stereocenters. The lowest BCUT2D eigenvalue weighted by Gasteiger charge is -2.34. The standard InChI is InChI=1S/C31H30ClN3O6.C24H26FN3O4.C23H24FN3O4.C21H19Cl2N3O4/c1-14-7-8-17(30(39)40)21(11-14)35-13-18-19(32)9-10-20(23(18)29(35)38)33-24-25(27(37)26(24)36)34-28(31(4,5)6)22-12-15(2)16(3)41-22;1-6-24(4,5)22(15-10-7-11(2)32-15)28-19-18(20(29)21(19)30)27-17-14(25)9-8-13-12(3)26-23(31)16(13)17;1-10-6-9-14(31-10)21(23(3,4)5)27-18-17(19(28)20(18)29)26-16-13(24)8-7-12-11(2)25-22(30)15(12)16;1-21(2,3)19(12-6-7-13(23)30-12)26-16-15(17(27)18(16)28)25-11-5-4-10(22)9-8-24-20(29)14(9)11/h7-12,28,33-34H,13H2,1-6H3,(H,39,40);7-10,12,22,27-28H,6H2,1-5H3,(H,26,31);6-9,11,21,26-27H,1-5H3,(H,25,30);4-7,19,25-26H,8H2,1-3H3,(H,24,29)/t28-;12-,22-;11-,21-;19-/m0000/s1. The zero-order valence-electron chi connectivity index (χ0n) is 76.7. The van der Waals surface area contributed by atoms with Crippen molar-refractivity contribution in [1.82, 2.24) is 16.0 Å². The van der Waals surface area contributed by atoms with Gasteiger partial charge in [0.2, 0.25) is 0 Å². The summed E-state index contributed by atoms with van der Waals surface area (Å²) in [6.45, 7) is 37.0. The van der Waals surface area contributed by atoms with E-state index in [2.05, 4.69) is 58.5 Å². The first-order valence-corrected chi connectivity index (χ1v) is 44.2. The fourth-order valence-corrected chi connectivity index (χ4v) is 17.2. The first-order chi connectivity index (χ1) is 62.8. The number of fused-ring (bicyclic) bond motifs is 4. The molecular formula is C99H99Cl3F2N12O18. The fraction of sp³-hybridized carbons (Fsp3) is 0.323. The number of rotatable bonds is 24. The van der Waals surface area contributed by atoms with Gasteiger partial charge in [-0.05, 0) is 201 Å². The van der Waals surface area contributed by atoms with Crippen LogP contribution in [0.25, 0.3) is 0 Å². The van der Waals surface area contributed by atoms with Crippen LogP contribution in [0.2, 0.25) is 15.3 Å². The molecule has 4 aliphatic rings. The van der Waals surface area contributed by atoms with Crippen LogP contribution < -0.4 is 107 Å². The average molecular weight is 1890 g/mol. The van der Waals surface area contributed by atoms with Gasteiger partial charge in [-0.2, -0.15) is 0 Å². The van der Waals surface area contributed by atoms with Crippen molar-refractivity contribution in [2.45, 2.75) is 187 Å². The Kier molecular flexibility index (Phi) is 26.0. The lowest BCUT2D eigenvalue weighted by Crippen LogP contribution is -2.40. The molecule has 134 heavy (non-hydrogen) atoms. The summed E-state index contributed by atoms with van der Waals surface area (Å²) >= 11 is 18.6. The van der Waals surface area contributed by atoms with Crippen LogP contribution in [0, 0.1) is 67.9 Å². The highest BCUT2D eigenvalue weighted by molar-refractivity contribution is 6.33. The van der Waals surface area contributed by atoms with Gasteiger partial charge in [0.05, 0.1) is 99.0 Å². The zero-order valence-corrected chi connectivity index (χ0v) is 79.0. The minimum absolute atomic E-state index is 0.0204. The Bertz CT molecular complexity index is 7260. The van der Waals surface area contributed by atoms with Crippen LogP contribution in [0.1, 0.15) is 265 Å². The maximum absolute atomic E-state index is 14.7. The highest BCUT2D eigenvalue weighted by Gasteiger charge is 2.43. The number of carboxylic acid groups (broad SMARTS) is 1. The highest BCUT2D eigenvalue weighted by Crippen LogP contribution is 2.48. The molecule has 0 spiro atoms. The van der Waals surface area contributed by atoms with Crippen LogP contribution in [-0.4, -0.2) is 34.7 Å². The first kappa shape index (κ1) is 96.1. The van der Waals surface area contributed by atoms with Gasteiger partial charge < -0.3 is 86.2 Å². The topological polar surface area (TPSA) is 430 Å². The Morgan fingerprint density at radius 1 is 0.448 bits per heavy atom. The van der Waals surface area contributed by atoms with Crippen molar-refractivity contribution < 1.29 is 55.5 Å². The van der Waals surface area contributed by atoms with Crippen molar-refractivity contribution in [2.75, 3.05) is 47.4 Å². The van der Waals surface area contributed by atoms with E-state index < -0.39 is 103 Å². The number of anilines is 13. The molecule has 12 N–H and O–H groups in total. The van der Waals surface area contributed by atoms with Crippen molar-refractivity contribution in [3.8, 4) is 0 Å².